The first kappa shape index (κ1) is 18.2. The quantitative estimate of drug-likeness (QED) is 0.357. The monoisotopic (exact) mass is 401 g/mol. The Balaban J connectivity index is 1.74. The maximum atomic E-state index is 12.8. The van der Waals surface area contributed by atoms with Crippen LogP contribution in [0.25, 0.3) is 44.4 Å². The fourth-order valence-corrected chi connectivity index (χ4v) is 3.79. The molecule has 5 aromatic rings. The maximum absolute atomic E-state index is 12.8. The molecular weight excluding hydrogens is 382 g/mol. The molecule has 5 rings (SSSR count). The second-order valence-electron chi connectivity index (χ2n) is 7.04. The Morgan fingerprint density at radius 3 is 2.50 bits per heavy atom. The van der Waals surface area contributed by atoms with Gasteiger partial charge in [0.15, 0.2) is 5.58 Å². The van der Waals surface area contributed by atoms with E-state index in [1.165, 1.54) is 6.07 Å². The van der Waals surface area contributed by atoms with E-state index >= 15 is 0 Å². The number of hydrogen-bond acceptors (Lipinski definition) is 6. The molecule has 0 radical (unpaired) electrons. The van der Waals surface area contributed by atoms with Gasteiger partial charge in [0.05, 0.1) is 16.4 Å². The van der Waals surface area contributed by atoms with Gasteiger partial charge >= 0.3 is 11.3 Å². The second-order valence-corrected chi connectivity index (χ2v) is 7.04. The van der Waals surface area contributed by atoms with E-state index in [1.54, 1.807) is 6.07 Å². The zero-order valence-electron chi connectivity index (χ0n) is 16.6. The van der Waals surface area contributed by atoms with E-state index in [-0.39, 0.29) is 16.5 Å². The number of nitrogens with zero attached hydrogens (tertiary/aromatic N) is 2. The highest BCUT2D eigenvalue weighted by atomic mass is 16.4. The molecule has 0 saturated heterocycles. The first-order chi connectivity index (χ1) is 14.6. The summed E-state index contributed by atoms with van der Waals surface area (Å²) in [6, 6.07) is 14.5. The lowest BCUT2D eigenvalue weighted by Gasteiger charge is -2.21. The SMILES string of the molecule is CCN(CC)c1ccc2c(c1)oc(=O)c1cc(-c3nc4ccccc4[nH]3)c(=O)oc12. The molecule has 0 saturated carbocycles. The Labute approximate surface area is 170 Å². The first-order valence-electron chi connectivity index (χ1n) is 9.83. The Morgan fingerprint density at radius 2 is 1.73 bits per heavy atom. The number of H-pyrrole nitrogens is 1. The van der Waals surface area contributed by atoms with Crippen LogP contribution in [-0.2, 0) is 0 Å². The van der Waals surface area contributed by atoms with E-state index in [4.69, 9.17) is 8.83 Å². The van der Waals surface area contributed by atoms with Gasteiger partial charge in [-0.25, -0.2) is 14.6 Å². The molecule has 30 heavy (non-hydrogen) atoms. The van der Waals surface area contributed by atoms with Gasteiger partial charge in [-0.1, -0.05) is 12.1 Å². The molecule has 0 aliphatic rings. The highest BCUT2D eigenvalue weighted by molar-refractivity contribution is 6.02. The van der Waals surface area contributed by atoms with Crippen molar-refractivity contribution in [1.82, 2.24) is 9.97 Å². The third-order valence-electron chi connectivity index (χ3n) is 5.35. The highest BCUT2D eigenvalue weighted by Gasteiger charge is 2.17. The molecular formula is C23H19N3O4. The number of aromatic nitrogens is 2. The van der Waals surface area contributed by atoms with Crippen molar-refractivity contribution in [1.29, 1.82) is 0 Å². The number of imidazole rings is 1. The number of para-hydroxylation sites is 2. The molecule has 1 N–H and O–H groups in total. The minimum atomic E-state index is -0.568. The summed E-state index contributed by atoms with van der Waals surface area (Å²) in [4.78, 5) is 35.2. The summed E-state index contributed by atoms with van der Waals surface area (Å²) in [7, 11) is 0. The van der Waals surface area contributed by atoms with Gasteiger partial charge in [-0.15, -0.1) is 0 Å². The van der Waals surface area contributed by atoms with Crippen molar-refractivity contribution >= 4 is 38.7 Å². The molecule has 0 aliphatic heterocycles. The van der Waals surface area contributed by atoms with Crippen LogP contribution in [0, 0.1) is 0 Å². The summed E-state index contributed by atoms with van der Waals surface area (Å²) >= 11 is 0. The van der Waals surface area contributed by atoms with Crippen molar-refractivity contribution in [3.05, 3.63) is 69.4 Å². The normalized spacial score (nSPS) is 11.5. The molecule has 3 heterocycles. The van der Waals surface area contributed by atoms with E-state index in [0.29, 0.717) is 16.8 Å². The lowest BCUT2D eigenvalue weighted by atomic mass is 10.1. The number of aromatic amines is 1. The summed E-state index contributed by atoms with van der Waals surface area (Å²) < 4.78 is 11.2. The second kappa shape index (κ2) is 6.88. The third-order valence-corrected chi connectivity index (χ3v) is 5.35. The molecule has 0 unspecified atom stereocenters. The fraction of sp³-hybridized carbons (Fsp3) is 0.174. The Morgan fingerprint density at radius 1 is 0.933 bits per heavy atom. The molecule has 0 atom stereocenters. The predicted octanol–water partition coefficient (Wildman–Crippen LogP) is 4.29. The Hall–Kier alpha value is -3.87. The number of hydrogen-bond donors (Lipinski definition) is 1. The molecule has 0 bridgehead atoms. The van der Waals surface area contributed by atoms with Crippen molar-refractivity contribution in [3.63, 3.8) is 0 Å². The molecule has 7 heteroatoms. The summed E-state index contributed by atoms with van der Waals surface area (Å²) in [6.07, 6.45) is 0. The van der Waals surface area contributed by atoms with Gasteiger partial charge in [-0.3, -0.25) is 0 Å². The summed E-state index contributed by atoms with van der Waals surface area (Å²) in [5.74, 6) is 0.350. The number of rotatable bonds is 4. The van der Waals surface area contributed by atoms with Gasteiger partial charge in [0.2, 0.25) is 0 Å². The first-order valence-corrected chi connectivity index (χ1v) is 9.83. The minimum Gasteiger partial charge on any atom is -0.422 e. The molecule has 2 aromatic carbocycles. The van der Waals surface area contributed by atoms with Gasteiger partial charge < -0.3 is 18.7 Å². The van der Waals surface area contributed by atoms with Gasteiger partial charge in [0.25, 0.3) is 0 Å². The third kappa shape index (κ3) is 2.78. The van der Waals surface area contributed by atoms with Crippen molar-refractivity contribution in [2.45, 2.75) is 13.8 Å². The summed E-state index contributed by atoms with van der Waals surface area (Å²) in [6.45, 7) is 5.78. The van der Waals surface area contributed by atoms with Gasteiger partial charge in [0, 0.05) is 24.8 Å². The van der Waals surface area contributed by atoms with Crippen molar-refractivity contribution in [3.8, 4) is 11.4 Å². The topological polar surface area (TPSA) is 92.3 Å². The van der Waals surface area contributed by atoms with Crippen LogP contribution in [0.5, 0.6) is 0 Å². The van der Waals surface area contributed by atoms with Crippen LogP contribution >= 0.6 is 0 Å². The average molecular weight is 401 g/mol. The number of anilines is 1. The molecule has 3 aromatic heterocycles. The zero-order valence-corrected chi connectivity index (χ0v) is 16.6. The van der Waals surface area contributed by atoms with Crippen LogP contribution in [0.4, 0.5) is 5.69 Å². The summed E-state index contributed by atoms with van der Waals surface area (Å²) in [5, 5.41) is 0.780. The number of fused-ring (bicyclic) bond motifs is 4. The zero-order chi connectivity index (χ0) is 20.8. The average Bonchev–Trinajstić information content (AvgIpc) is 3.18. The van der Waals surface area contributed by atoms with E-state index in [1.807, 2.05) is 36.4 Å². The van der Waals surface area contributed by atoms with Crippen molar-refractivity contribution in [2.24, 2.45) is 0 Å². The fourth-order valence-electron chi connectivity index (χ4n) is 3.79. The van der Waals surface area contributed by atoms with Gasteiger partial charge in [0.1, 0.15) is 22.4 Å². The standard InChI is InChI=1S/C23H19N3O4/c1-3-26(4-2)13-9-10-14-19(11-13)29-22(27)15-12-16(23(28)30-20(14)15)21-24-17-7-5-6-8-18(17)25-21/h5-12H,3-4H2,1-2H3,(H,24,25). The highest BCUT2D eigenvalue weighted by Crippen LogP contribution is 2.28. The smallest absolute Gasteiger partial charge is 0.347 e. The molecule has 150 valence electrons. The van der Waals surface area contributed by atoms with Crippen LogP contribution in [0.1, 0.15) is 13.8 Å². The molecule has 0 fully saturated rings. The van der Waals surface area contributed by atoms with Crippen LogP contribution in [-0.4, -0.2) is 23.1 Å². The summed E-state index contributed by atoms with van der Waals surface area (Å²) in [5.41, 5.74) is 2.12. The molecule has 7 nitrogen and oxygen atoms in total. The Bertz CT molecular complexity index is 1490. The van der Waals surface area contributed by atoms with Gasteiger partial charge in [-0.05, 0) is 44.2 Å². The lowest BCUT2D eigenvalue weighted by Crippen LogP contribution is -2.21. The lowest BCUT2D eigenvalue weighted by molar-refractivity contribution is 0.544. The van der Waals surface area contributed by atoms with Gasteiger partial charge in [-0.2, -0.15) is 0 Å². The number of nitrogens with one attached hydrogen (secondary N) is 1. The van der Waals surface area contributed by atoms with Crippen LogP contribution in [0.2, 0.25) is 0 Å². The predicted molar refractivity (Wildman–Crippen MR) is 117 cm³/mol. The van der Waals surface area contributed by atoms with E-state index < -0.39 is 11.3 Å². The molecule has 0 amide bonds. The van der Waals surface area contributed by atoms with Crippen molar-refractivity contribution in [2.75, 3.05) is 18.0 Å². The maximum Gasteiger partial charge on any atom is 0.347 e. The molecule has 0 spiro atoms. The van der Waals surface area contributed by atoms with E-state index in [2.05, 4.69) is 28.7 Å². The largest absolute Gasteiger partial charge is 0.422 e. The van der Waals surface area contributed by atoms with E-state index in [0.717, 1.165) is 29.8 Å². The van der Waals surface area contributed by atoms with Crippen LogP contribution < -0.4 is 16.2 Å². The minimum absolute atomic E-state index is 0.185. The van der Waals surface area contributed by atoms with Crippen LogP contribution in [0.15, 0.2) is 67.0 Å². The molecule has 0 aliphatic carbocycles. The number of benzene rings is 2. The Kier molecular flexibility index (Phi) is 4.17. The van der Waals surface area contributed by atoms with Crippen molar-refractivity contribution < 1.29 is 8.83 Å². The van der Waals surface area contributed by atoms with Crippen LogP contribution in [0.3, 0.4) is 0 Å². The van der Waals surface area contributed by atoms with E-state index in [9.17, 15) is 9.59 Å².